The summed E-state index contributed by atoms with van der Waals surface area (Å²) in [7, 11) is 1.73. The number of hydrogen-bond acceptors (Lipinski definition) is 4. The fraction of sp³-hybridized carbons (Fsp3) is 0.231. The van der Waals surface area contributed by atoms with Crippen LogP contribution in [-0.4, -0.2) is 23.6 Å². The van der Waals surface area contributed by atoms with Gasteiger partial charge < -0.3 is 10.1 Å². The van der Waals surface area contributed by atoms with E-state index in [0.717, 1.165) is 5.56 Å². The van der Waals surface area contributed by atoms with Crippen LogP contribution in [0.25, 0.3) is 0 Å². The summed E-state index contributed by atoms with van der Waals surface area (Å²) in [6.07, 6.45) is 4.68. The van der Waals surface area contributed by atoms with Crippen molar-refractivity contribution >= 4 is 0 Å². The van der Waals surface area contributed by atoms with Gasteiger partial charge in [0.25, 0.3) is 0 Å². The Labute approximate surface area is 109 Å². The molecule has 6 heteroatoms. The molecule has 0 saturated carbocycles. The van der Waals surface area contributed by atoms with E-state index in [9.17, 15) is 8.78 Å². The van der Waals surface area contributed by atoms with Gasteiger partial charge in [-0.25, -0.2) is 9.97 Å². The van der Waals surface area contributed by atoms with Crippen molar-refractivity contribution in [2.45, 2.75) is 12.7 Å². The second-order valence-electron chi connectivity index (χ2n) is 3.81. The van der Waals surface area contributed by atoms with Crippen LogP contribution in [0.5, 0.6) is 5.75 Å². The molecule has 1 heterocycles. The number of benzene rings is 1. The summed E-state index contributed by atoms with van der Waals surface area (Å²) in [5.41, 5.74) is 1.38. The van der Waals surface area contributed by atoms with E-state index in [1.54, 1.807) is 37.6 Å². The molecule has 0 saturated heterocycles. The van der Waals surface area contributed by atoms with Crippen LogP contribution in [0.2, 0.25) is 0 Å². The Kier molecular flexibility index (Phi) is 4.35. The van der Waals surface area contributed by atoms with E-state index in [-0.39, 0.29) is 11.8 Å². The number of nitrogens with zero attached hydrogens (tertiary/aromatic N) is 2. The molecule has 0 aliphatic heterocycles. The molecule has 1 unspecified atom stereocenters. The normalized spacial score (nSPS) is 12.4. The molecular formula is C13H13F2N3O. The summed E-state index contributed by atoms with van der Waals surface area (Å²) in [6.45, 7) is -2.86. The van der Waals surface area contributed by atoms with Gasteiger partial charge in [-0.1, -0.05) is 18.2 Å². The minimum Gasteiger partial charge on any atom is -0.434 e. The molecule has 2 aromatic rings. The highest BCUT2D eigenvalue weighted by Crippen LogP contribution is 2.30. The topological polar surface area (TPSA) is 47.0 Å². The molecule has 1 N–H and O–H groups in total. The number of hydrogen-bond donors (Lipinski definition) is 1. The molecule has 1 aromatic heterocycles. The molecule has 1 atom stereocenters. The maximum absolute atomic E-state index is 12.4. The standard InChI is InChI=1S/C13H13F2N3O/c1-16-12(9-6-17-8-18-7-9)10-4-2-3-5-11(10)19-13(14)15/h2-8,12-13,16H,1H3. The van der Waals surface area contributed by atoms with Crippen molar-refractivity contribution in [2.24, 2.45) is 0 Å². The minimum atomic E-state index is -2.86. The molecule has 0 fully saturated rings. The van der Waals surface area contributed by atoms with Gasteiger partial charge in [-0.15, -0.1) is 0 Å². The molecule has 0 amide bonds. The first-order valence-corrected chi connectivity index (χ1v) is 5.68. The highest BCUT2D eigenvalue weighted by Gasteiger charge is 2.18. The Hall–Kier alpha value is -2.08. The predicted molar refractivity (Wildman–Crippen MR) is 66.0 cm³/mol. The van der Waals surface area contributed by atoms with Crippen molar-refractivity contribution in [1.29, 1.82) is 0 Å². The smallest absolute Gasteiger partial charge is 0.387 e. The van der Waals surface area contributed by atoms with Crippen molar-refractivity contribution in [3.05, 3.63) is 54.1 Å². The van der Waals surface area contributed by atoms with Gasteiger partial charge in [0.2, 0.25) is 0 Å². The molecule has 100 valence electrons. The molecule has 0 bridgehead atoms. The summed E-state index contributed by atoms with van der Waals surface area (Å²) < 4.78 is 29.3. The van der Waals surface area contributed by atoms with Crippen LogP contribution in [0, 0.1) is 0 Å². The van der Waals surface area contributed by atoms with Crippen molar-refractivity contribution in [3.63, 3.8) is 0 Å². The van der Waals surface area contributed by atoms with Crippen LogP contribution in [0.1, 0.15) is 17.2 Å². The largest absolute Gasteiger partial charge is 0.434 e. The number of halogens is 2. The van der Waals surface area contributed by atoms with Crippen LogP contribution in [0.3, 0.4) is 0 Å². The van der Waals surface area contributed by atoms with Crippen LogP contribution >= 0.6 is 0 Å². The van der Waals surface area contributed by atoms with Gasteiger partial charge in [0.15, 0.2) is 0 Å². The van der Waals surface area contributed by atoms with Gasteiger partial charge >= 0.3 is 6.61 Å². The van der Waals surface area contributed by atoms with Crippen LogP contribution in [-0.2, 0) is 0 Å². The lowest BCUT2D eigenvalue weighted by Gasteiger charge is -2.19. The second-order valence-corrected chi connectivity index (χ2v) is 3.81. The first-order chi connectivity index (χ1) is 9.22. The Balaban J connectivity index is 2.38. The van der Waals surface area contributed by atoms with Crippen LogP contribution in [0.15, 0.2) is 43.0 Å². The summed E-state index contributed by atoms with van der Waals surface area (Å²) in [5, 5.41) is 3.04. The lowest BCUT2D eigenvalue weighted by Crippen LogP contribution is -2.19. The zero-order valence-corrected chi connectivity index (χ0v) is 10.3. The molecule has 0 aliphatic carbocycles. The van der Waals surface area contributed by atoms with E-state index in [4.69, 9.17) is 0 Å². The fourth-order valence-corrected chi connectivity index (χ4v) is 1.88. The number of ether oxygens (including phenoxy) is 1. The third-order valence-corrected chi connectivity index (χ3v) is 2.65. The van der Waals surface area contributed by atoms with Gasteiger partial charge in [-0.3, -0.25) is 0 Å². The zero-order valence-electron chi connectivity index (χ0n) is 10.3. The first kappa shape index (κ1) is 13.4. The molecule has 4 nitrogen and oxygen atoms in total. The third kappa shape index (κ3) is 3.23. The number of rotatable bonds is 5. The van der Waals surface area contributed by atoms with Gasteiger partial charge in [0.1, 0.15) is 12.1 Å². The molecule has 19 heavy (non-hydrogen) atoms. The monoisotopic (exact) mass is 265 g/mol. The molecule has 0 aliphatic rings. The van der Waals surface area contributed by atoms with Crippen LogP contribution < -0.4 is 10.1 Å². The number of aromatic nitrogens is 2. The summed E-state index contributed by atoms with van der Waals surface area (Å²) >= 11 is 0. The third-order valence-electron chi connectivity index (χ3n) is 2.65. The average Bonchev–Trinajstić information content (AvgIpc) is 2.42. The molecule has 2 rings (SSSR count). The van der Waals surface area contributed by atoms with Crippen molar-refractivity contribution in [2.75, 3.05) is 7.05 Å². The Morgan fingerprint density at radius 2 is 1.84 bits per heavy atom. The summed E-state index contributed by atoms with van der Waals surface area (Å²) in [5.74, 6) is 0.140. The Bertz CT molecular complexity index is 522. The lowest BCUT2D eigenvalue weighted by molar-refractivity contribution is -0.0506. The molecular weight excluding hydrogens is 252 g/mol. The lowest BCUT2D eigenvalue weighted by atomic mass is 10.0. The SMILES string of the molecule is CNC(c1cncnc1)c1ccccc1OC(F)F. The summed E-state index contributed by atoms with van der Waals surface area (Å²) in [6, 6.07) is 6.34. The number of nitrogens with one attached hydrogen (secondary N) is 1. The molecule has 0 radical (unpaired) electrons. The van der Waals surface area contributed by atoms with Crippen LogP contribution in [0.4, 0.5) is 8.78 Å². The van der Waals surface area contributed by atoms with E-state index < -0.39 is 6.61 Å². The van der Waals surface area contributed by atoms with E-state index in [1.165, 1.54) is 12.4 Å². The second kappa shape index (κ2) is 6.19. The van der Waals surface area contributed by atoms with E-state index >= 15 is 0 Å². The minimum absolute atomic E-state index is 0.140. The summed E-state index contributed by atoms with van der Waals surface area (Å²) in [4.78, 5) is 7.86. The van der Waals surface area contributed by atoms with Gasteiger partial charge in [0, 0.05) is 23.5 Å². The predicted octanol–water partition coefficient (Wildman–Crippen LogP) is 2.39. The van der Waals surface area contributed by atoms with E-state index in [0.29, 0.717) is 5.56 Å². The van der Waals surface area contributed by atoms with Gasteiger partial charge in [-0.05, 0) is 13.1 Å². The average molecular weight is 265 g/mol. The first-order valence-electron chi connectivity index (χ1n) is 5.68. The quantitative estimate of drug-likeness (QED) is 0.901. The molecule has 0 spiro atoms. The fourth-order valence-electron chi connectivity index (χ4n) is 1.88. The van der Waals surface area contributed by atoms with E-state index in [1.807, 2.05) is 0 Å². The highest BCUT2D eigenvalue weighted by molar-refractivity contribution is 5.40. The van der Waals surface area contributed by atoms with Crippen molar-refractivity contribution in [1.82, 2.24) is 15.3 Å². The molecule has 1 aromatic carbocycles. The number of para-hydroxylation sites is 1. The number of alkyl halides is 2. The maximum Gasteiger partial charge on any atom is 0.387 e. The highest BCUT2D eigenvalue weighted by atomic mass is 19.3. The van der Waals surface area contributed by atoms with E-state index in [2.05, 4.69) is 20.0 Å². The zero-order chi connectivity index (χ0) is 13.7. The van der Waals surface area contributed by atoms with Gasteiger partial charge in [0.05, 0.1) is 6.04 Å². The van der Waals surface area contributed by atoms with Gasteiger partial charge in [-0.2, -0.15) is 8.78 Å². The Morgan fingerprint density at radius 1 is 1.16 bits per heavy atom. The van der Waals surface area contributed by atoms with Crippen molar-refractivity contribution in [3.8, 4) is 5.75 Å². The van der Waals surface area contributed by atoms with Crippen molar-refractivity contribution < 1.29 is 13.5 Å². The maximum atomic E-state index is 12.4. The Morgan fingerprint density at radius 3 is 2.47 bits per heavy atom.